The molecule has 0 saturated heterocycles. The topological polar surface area (TPSA) is 89.5 Å². The predicted molar refractivity (Wildman–Crippen MR) is 210 cm³/mol. The molecule has 8 nitrogen and oxygen atoms in total. The number of hydrogen-bond acceptors (Lipinski definition) is 8. The first-order chi connectivity index (χ1) is 25.2. The summed E-state index contributed by atoms with van der Waals surface area (Å²) in [7, 11) is 1.58. The standard InChI is InChI=1S/C42H40O8P2/c1-25(2)29-17-11-13-21-35(29)47-51-49-39-33(41(43)45-5)23-27-15-7-9-19-31(27)37(39)38-32-20-10-8-16-28(32)24-34(42(44)46-6)40(38)50-52-48-36-22-14-12-18-30(36)26(3)4/h7-26,51-52H,1-6H3. The number of hydrogen-bond donors (Lipinski definition) is 0. The van der Waals surface area contributed by atoms with Crippen molar-refractivity contribution in [1.29, 1.82) is 0 Å². The van der Waals surface area contributed by atoms with Gasteiger partial charge in [0, 0.05) is 11.1 Å². The van der Waals surface area contributed by atoms with Crippen LogP contribution < -0.4 is 18.1 Å². The van der Waals surface area contributed by atoms with Crippen LogP contribution >= 0.6 is 18.1 Å². The fourth-order valence-corrected chi connectivity index (χ4v) is 7.43. The summed E-state index contributed by atoms with van der Waals surface area (Å²) in [5.41, 5.74) is 3.48. The zero-order chi connectivity index (χ0) is 36.8. The van der Waals surface area contributed by atoms with E-state index in [-0.39, 0.29) is 34.5 Å². The minimum atomic E-state index is -0.596. The van der Waals surface area contributed by atoms with Gasteiger partial charge < -0.3 is 27.6 Å². The van der Waals surface area contributed by atoms with Gasteiger partial charge in [0.15, 0.2) is 0 Å². The van der Waals surface area contributed by atoms with Crippen molar-refractivity contribution in [3.8, 4) is 34.1 Å². The van der Waals surface area contributed by atoms with Crippen LogP contribution in [0.3, 0.4) is 0 Å². The quantitative estimate of drug-likeness (QED) is 0.0856. The van der Waals surface area contributed by atoms with Crippen LogP contribution in [0.15, 0.2) is 109 Å². The molecule has 6 aromatic rings. The first kappa shape index (κ1) is 36.6. The Bertz CT molecular complexity index is 2090. The molecular weight excluding hydrogens is 694 g/mol. The minimum Gasteiger partial charge on any atom is -0.465 e. The smallest absolute Gasteiger partial charge is 0.341 e. The van der Waals surface area contributed by atoms with Crippen molar-refractivity contribution in [1.82, 2.24) is 0 Å². The van der Waals surface area contributed by atoms with Crippen LogP contribution in [0.1, 0.15) is 71.4 Å². The molecule has 0 fully saturated rings. The van der Waals surface area contributed by atoms with Gasteiger partial charge in [0.1, 0.15) is 34.1 Å². The van der Waals surface area contributed by atoms with Crippen molar-refractivity contribution >= 4 is 51.6 Å². The fourth-order valence-electron chi connectivity index (χ4n) is 6.20. The van der Waals surface area contributed by atoms with E-state index in [2.05, 4.69) is 27.7 Å². The van der Waals surface area contributed by atoms with E-state index in [1.165, 1.54) is 14.2 Å². The van der Waals surface area contributed by atoms with Gasteiger partial charge in [-0.15, -0.1) is 0 Å². The Morgan fingerprint density at radius 3 is 1.25 bits per heavy atom. The van der Waals surface area contributed by atoms with E-state index in [1.54, 1.807) is 12.1 Å². The van der Waals surface area contributed by atoms with Gasteiger partial charge in [0.2, 0.25) is 0 Å². The lowest BCUT2D eigenvalue weighted by Gasteiger charge is -2.23. The molecule has 10 heteroatoms. The summed E-state index contributed by atoms with van der Waals surface area (Å²) in [5, 5.41) is 3.01. The average molecular weight is 735 g/mol. The zero-order valence-electron chi connectivity index (χ0n) is 29.8. The molecule has 2 atom stereocenters. The second-order valence-corrected chi connectivity index (χ2v) is 13.8. The Morgan fingerprint density at radius 1 is 0.500 bits per heavy atom. The Hall–Kier alpha value is -5.16. The van der Waals surface area contributed by atoms with Crippen LogP contribution in [0.25, 0.3) is 32.7 Å². The number of para-hydroxylation sites is 2. The first-order valence-electron chi connectivity index (χ1n) is 16.9. The van der Waals surface area contributed by atoms with E-state index < -0.39 is 30.0 Å². The van der Waals surface area contributed by atoms with Crippen molar-refractivity contribution in [3.05, 3.63) is 131 Å². The number of methoxy groups -OCH3 is 2. The summed E-state index contributed by atoms with van der Waals surface area (Å²) in [6, 6.07) is 34.4. The maximum atomic E-state index is 13.6. The number of carbonyl (C=O) groups is 2. The maximum absolute atomic E-state index is 13.6. The lowest BCUT2D eigenvalue weighted by Crippen LogP contribution is -2.08. The van der Waals surface area contributed by atoms with E-state index in [1.807, 2.05) is 97.1 Å². The molecule has 0 saturated carbocycles. The SMILES string of the molecule is COC(=O)c1cc2ccccc2c(-c2c(OPOc3ccccc3C(C)C)c(C(=O)OC)cc3ccccc23)c1OPOc1ccccc1C(C)C. The molecule has 6 aromatic carbocycles. The number of ether oxygens (including phenoxy) is 2. The molecule has 266 valence electrons. The summed E-state index contributed by atoms with van der Waals surface area (Å²) in [6.45, 7) is 8.37. The predicted octanol–water partition coefficient (Wildman–Crippen LogP) is 11.4. The molecule has 0 heterocycles. The van der Waals surface area contributed by atoms with Crippen LogP contribution in [0, 0.1) is 0 Å². The van der Waals surface area contributed by atoms with Crippen LogP contribution in [-0.4, -0.2) is 26.2 Å². The summed E-state index contributed by atoms with van der Waals surface area (Å²) in [4.78, 5) is 27.1. The van der Waals surface area contributed by atoms with Crippen LogP contribution in [0.5, 0.6) is 23.0 Å². The highest BCUT2D eigenvalue weighted by molar-refractivity contribution is 7.27. The van der Waals surface area contributed by atoms with Crippen LogP contribution in [-0.2, 0) is 9.47 Å². The Kier molecular flexibility index (Phi) is 11.6. The lowest BCUT2D eigenvalue weighted by atomic mass is 9.89. The Morgan fingerprint density at radius 2 is 0.865 bits per heavy atom. The zero-order valence-corrected chi connectivity index (χ0v) is 31.8. The molecular formula is C42H40O8P2. The third-order valence-corrected chi connectivity index (χ3v) is 9.92. The molecule has 0 bridgehead atoms. The highest BCUT2D eigenvalue weighted by Gasteiger charge is 2.29. The van der Waals surface area contributed by atoms with Gasteiger partial charge in [0.05, 0.1) is 14.2 Å². The normalized spacial score (nSPS) is 11.6. The monoisotopic (exact) mass is 734 g/mol. The van der Waals surface area contributed by atoms with Gasteiger partial charge >= 0.3 is 11.9 Å². The highest BCUT2D eigenvalue weighted by atomic mass is 31.1. The molecule has 52 heavy (non-hydrogen) atoms. The number of rotatable bonds is 13. The second-order valence-electron chi connectivity index (χ2n) is 12.6. The van der Waals surface area contributed by atoms with E-state index in [0.717, 1.165) is 32.7 Å². The fraction of sp³-hybridized carbons (Fsp3) is 0.190. The molecule has 0 aliphatic rings. The molecule has 0 aliphatic heterocycles. The molecule has 2 unspecified atom stereocenters. The Balaban J connectivity index is 1.59. The van der Waals surface area contributed by atoms with Gasteiger partial charge in [-0.2, -0.15) is 0 Å². The summed E-state index contributed by atoms with van der Waals surface area (Å²) >= 11 is 0. The number of carbonyl (C=O) groups excluding carboxylic acids is 2. The molecule has 0 radical (unpaired) electrons. The number of esters is 2. The van der Waals surface area contributed by atoms with Gasteiger partial charge in [-0.25, -0.2) is 9.59 Å². The van der Waals surface area contributed by atoms with E-state index in [4.69, 9.17) is 27.6 Å². The van der Waals surface area contributed by atoms with Crippen LogP contribution in [0.4, 0.5) is 0 Å². The summed E-state index contributed by atoms with van der Waals surface area (Å²) < 4.78 is 36.2. The average Bonchev–Trinajstić information content (AvgIpc) is 3.17. The number of benzene rings is 6. The largest absolute Gasteiger partial charge is 0.465 e. The maximum Gasteiger partial charge on any atom is 0.341 e. The molecule has 0 amide bonds. The van der Waals surface area contributed by atoms with Crippen LogP contribution in [0.2, 0.25) is 0 Å². The third-order valence-electron chi connectivity index (χ3n) is 8.74. The Labute approximate surface area is 307 Å². The van der Waals surface area contributed by atoms with E-state index >= 15 is 0 Å². The second kappa shape index (κ2) is 16.5. The summed E-state index contributed by atoms with van der Waals surface area (Å²) in [5.74, 6) is 1.03. The molecule has 0 aliphatic carbocycles. The van der Waals surface area contributed by atoms with Gasteiger partial charge in [0.25, 0.3) is 18.1 Å². The van der Waals surface area contributed by atoms with Gasteiger partial charge in [-0.1, -0.05) is 113 Å². The van der Waals surface area contributed by atoms with Crippen molar-refractivity contribution < 1.29 is 37.2 Å². The molecule has 0 N–H and O–H groups in total. The van der Waals surface area contributed by atoms with E-state index in [0.29, 0.717) is 22.6 Å². The van der Waals surface area contributed by atoms with Crippen molar-refractivity contribution in [2.45, 2.75) is 39.5 Å². The van der Waals surface area contributed by atoms with Gasteiger partial charge in [-0.05, 0) is 68.8 Å². The number of fused-ring (bicyclic) bond motifs is 2. The minimum absolute atomic E-state index is 0.188. The van der Waals surface area contributed by atoms with Crippen molar-refractivity contribution in [2.75, 3.05) is 14.2 Å². The summed E-state index contributed by atoms with van der Waals surface area (Å²) in [6.07, 6.45) is 0. The molecule has 6 rings (SSSR count). The molecule has 0 spiro atoms. The highest BCUT2D eigenvalue weighted by Crippen LogP contribution is 2.51. The van der Waals surface area contributed by atoms with Gasteiger partial charge in [-0.3, -0.25) is 0 Å². The lowest BCUT2D eigenvalue weighted by molar-refractivity contribution is 0.0589. The van der Waals surface area contributed by atoms with Crippen molar-refractivity contribution in [2.24, 2.45) is 0 Å². The van der Waals surface area contributed by atoms with E-state index in [9.17, 15) is 9.59 Å². The first-order valence-corrected chi connectivity index (χ1v) is 18.5. The van der Waals surface area contributed by atoms with Crippen molar-refractivity contribution in [3.63, 3.8) is 0 Å². The third kappa shape index (κ3) is 7.55. The molecule has 0 aromatic heterocycles.